The van der Waals surface area contributed by atoms with Gasteiger partial charge in [0.15, 0.2) is 0 Å². The summed E-state index contributed by atoms with van der Waals surface area (Å²) in [6.45, 7) is -4.75. The summed E-state index contributed by atoms with van der Waals surface area (Å²) in [6, 6.07) is 4.42. The Morgan fingerprint density at radius 2 is 1.60 bits per heavy atom. The molecular formula is C12H11BF6N-. The minimum atomic E-state index is -4.96. The number of halogens is 6. The molecule has 2 rings (SSSR count). The molecule has 8 heteroatoms. The second-order valence-electron chi connectivity index (χ2n) is 4.59. The van der Waals surface area contributed by atoms with Crippen LogP contribution in [0.3, 0.4) is 0 Å². The van der Waals surface area contributed by atoms with E-state index in [9.17, 15) is 26.1 Å². The SMILES string of the molecule is F[B-](F)(F)C1=CCN(c2ccc(C(F)(F)F)cc2)CC1. The van der Waals surface area contributed by atoms with Crippen LogP contribution in [0, 0.1) is 0 Å². The molecule has 0 fully saturated rings. The average Bonchev–Trinajstić information content (AvgIpc) is 2.37. The lowest BCUT2D eigenvalue weighted by atomic mass is 9.75. The third-order valence-corrected chi connectivity index (χ3v) is 3.22. The molecule has 0 N–H and O–H groups in total. The smallest absolute Gasteiger partial charge is 0.445 e. The van der Waals surface area contributed by atoms with Gasteiger partial charge in [-0.15, -0.1) is 5.47 Å². The Kier molecular flexibility index (Phi) is 3.75. The van der Waals surface area contributed by atoms with E-state index >= 15 is 0 Å². The molecule has 0 atom stereocenters. The fraction of sp³-hybridized carbons (Fsp3) is 0.333. The first-order chi connectivity index (χ1) is 9.18. The molecule has 0 bridgehead atoms. The quantitative estimate of drug-likeness (QED) is 0.583. The van der Waals surface area contributed by atoms with Crippen LogP contribution in [0.25, 0.3) is 0 Å². The van der Waals surface area contributed by atoms with Crippen LogP contribution >= 0.6 is 0 Å². The van der Waals surface area contributed by atoms with E-state index in [-0.39, 0.29) is 19.5 Å². The molecule has 20 heavy (non-hydrogen) atoms. The van der Waals surface area contributed by atoms with Gasteiger partial charge in [-0.2, -0.15) is 13.2 Å². The summed E-state index contributed by atoms with van der Waals surface area (Å²) >= 11 is 0. The molecule has 1 aliphatic heterocycles. The van der Waals surface area contributed by atoms with Crippen molar-refractivity contribution in [2.24, 2.45) is 0 Å². The predicted octanol–water partition coefficient (Wildman–Crippen LogP) is 4.23. The van der Waals surface area contributed by atoms with Crippen LogP contribution in [0.1, 0.15) is 12.0 Å². The topological polar surface area (TPSA) is 3.24 Å². The fourth-order valence-electron chi connectivity index (χ4n) is 2.08. The molecule has 1 nitrogen and oxygen atoms in total. The summed E-state index contributed by atoms with van der Waals surface area (Å²) in [5.41, 5.74) is -0.802. The van der Waals surface area contributed by atoms with E-state index in [2.05, 4.69) is 0 Å². The molecule has 1 aromatic carbocycles. The van der Waals surface area contributed by atoms with Crippen LogP contribution in [0.5, 0.6) is 0 Å². The molecule has 1 aromatic rings. The van der Waals surface area contributed by atoms with Gasteiger partial charge in [-0.25, -0.2) is 0 Å². The van der Waals surface area contributed by atoms with E-state index in [1.54, 1.807) is 4.90 Å². The van der Waals surface area contributed by atoms with Crippen LogP contribution in [0.15, 0.2) is 35.8 Å². The van der Waals surface area contributed by atoms with Crippen molar-refractivity contribution in [3.8, 4) is 0 Å². The van der Waals surface area contributed by atoms with Crippen molar-refractivity contribution in [3.63, 3.8) is 0 Å². The number of hydrogen-bond donors (Lipinski definition) is 0. The molecule has 0 unspecified atom stereocenters. The number of alkyl halides is 3. The van der Waals surface area contributed by atoms with Crippen molar-refractivity contribution in [1.82, 2.24) is 0 Å². The summed E-state index contributed by atoms with van der Waals surface area (Å²) in [5, 5.41) is 0. The van der Waals surface area contributed by atoms with Gasteiger partial charge in [0.25, 0.3) is 0 Å². The fourth-order valence-corrected chi connectivity index (χ4v) is 2.08. The van der Waals surface area contributed by atoms with Crippen LogP contribution in [0.4, 0.5) is 31.8 Å². The lowest BCUT2D eigenvalue weighted by Crippen LogP contribution is -2.33. The molecule has 1 aliphatic rings. The van der Waals surface area contributed by atoms with Gasteiger partial charge >= 0.3 is 13.2 Å². The Morgan fingerprint density at radius 1 is 1.00 bits per heavy atom. The molecule has 0 saturated carbocycles. The van der Waals surface area contributed by atoms with Crippen LogP contribution < -0.4 is 4.90 Å². The van der Waals surface area contributed by atoms with Crippen molar-refractivity contribution >= 4 is 12.7 Å². The highest BCUT2D eigenvalue weighted by molar-refractivity contribution is 6.66. The number of anilines is 1. The van der Waals surface area contributed by atoms with E-state index in [0.717, 1.165) is 18.2 Å². The number of rotatable bonds is 2. The average molecular weight is 294 g/mol. The molecule has 1 heterocycles. The van der Waals surface area contributed by atoms with Crippen LogP contribution in [0.2, 0.25) is 0 Å². The van der Waals surface area contributed by atoms with Crippen molar-refractivity contribution in [2.75, 3.05) is 18.0 Å². The second-order valence-corrected chi connectivity index (χ2v) is 4.59. The molecule has 0 aromatic heterocycles. The van der Waals surface area contributed by atoms with E-state index < -0.39 is 24.2 Å². The van der Waals surface area contributed by atoms with E-state index in [0.29, 0.717) is 5.69 Å². The first-order valence-electron chi connectivity index (χ1n) is 5.99. The Balaban J connectivity index is 2.10. The first-order valence-corrected chi connectivity index (χ1v) is 5.99. The lowest BCUT2D eigenvalue weighted by Gasteiger charge is -2.32. The van der Waals surface area contributed by atoms with Gasteiger partial charge in [0, 0.05) is 18.8 Å². The summed E-state index contributed by atoms with van der Waals surface area (Å²) in [4.78, 5) is 1.62. The van der Waals surface area contributed by atoms with Gasteiger partial charge in [0.1, 0.15) is 0 Å². The van der Waals surface area contributed by atoms with E-state index in [1.165, 1.54) is 12.1 Å². The van der Waals surface area contributed by atoms with Gasteiger partial charge in [-0.05, 0) is 30.7 Å². The Morgan fingerprint density at radius 3 is 2.00 bits per heavy atom. The van der Waals surface area contributed by atoms with E-state index in [1.807, 2.05) is 0 Å². The Labute approximate surface area is 111 Å². The monoisotopic (exact) mass is 294 g/mol. The van der Waals surface area contributed by atoms with Crippen molar-refractivity contribution < 1.29 is 26.1 Å². The molecule has 0 spiro atoms. The largest absolute Gasteiger partial charge is 0.505 e. The zero-order chi connectivity index (χ0) is 15.0. The zero-order valence-electron chi connectivity index (χ0n) is 10.3. The summed E-state index contributed by atoms with van der Waals surface area (Å²) in [6.07, 6.45) is -3.45. The molecule has 0 aliphatic carbocycles. The molecule has 0 radical (unpaired) electrons. The number of hydrogen-bond acceptors (Lipinski definition) is 1. The molecule has 0 saturated heterocycles. The Bertz CT molecular complexity index is 502. The minimum Gasteiger partial charge on any atom is -0.445 e. The highest BCUT2D eigenvalue weighted by Gasteiger charge is 2.31. The molecule has 0 amide bonds. The summed E-state index contributed by atoms with van der Waals surface area (Å²) < 4.78 is 74.7. The molecular weight excluding hydrogens is 283 g/mol. The van der Waals surface area contributed by atoms with Gasteiger partial charge in [0.2, 0.25) is 0 Å². The lowest BCUT2D eigenvalue weighted by molar-refractivity contribution is -0.137. The number of benzene rings is 1. The van der Waals surface area contributed by atoms with Crippen LogP contribution in [-0.4, -0.2) is 20.1 Å². The maximum atomic E-state index is 12.5. The summed E-state index contributed by atoms with van der Waals surface area (Å²) in [7, 11) is 0. The standard InChI is InChI=1S/C12H11BF6N/c14-12(15,16)9-1-3-11(4-2-9)20-7-5-10(6-8-20)13(17,18)19/h1-5H,6-8H2/q-1. The first kappa shape index (κ1) is 14.8. The highest BCUT2D eigenvalue weighted by atomic mass is 19.4. The van der Waals surface area contributed by atoms with Gasteiger partial charge in [-0.3, -0.25) is 0 Å². The van der Waals surface area contributed by atoms with E-state index in [4.69, 9.17) is 0 Å². The Hall–Kier alpha value is -1.60. The van der Waals surface area contributed by atoms with Gasteiger partial charge in [0.05, 0.1) is 5.56 Å². The number of nitrogens with zero attached hydrogens (tertiary/aromatic N) is 1. The van der Waals surface area contributed by atoms with Crippen molar-refractivity contribution in [1.29, 1.82) is 0 Å². The summed E-state index contributed by atoms with van der Waals surface area (Å²) in [5.74, 6) is 0. The zero-order valence-corrected chi connectivity index (χ0v) is 10.3. The van der Waals surface area contributed by atoms with Crippen molar-refractivity contribution in [2.45, 2.75) is 12.6 Å². The van der Waals surface area contributed by atoms with Gasteiger partial charge < -0.3 is 17.8 Å². The third kappa shape index (κ3) is 3.29. The van der Waals surface area contributed by atoms with Gasteiger partial charge in [-0.1, -0.05) is 6.08 Å². The maximum Gasteiger partial charge on any atom is 0.505 e. The highest BCUT2D eigenvalue weighted by Crippen LogP contribution is 2.32. The van der Waals surface area contributed by atoms with Crippen molar-refractivity contribution in [3.05, 3.63) is 41.4 Å². The third-order valence-electron chi connectivity index (χ3n) is 3.22. The van der Waals surface area contributed by atoms with Crippen LogP contribution in [-0.2, 0) is 6.18 Å². The second kappa shape index (κ2) is 5.07. The predicted molar refractivity (Wildman–Crippen MR) is 65.4 cm³/mol. The maximum absolute atomic E-state index is 12.5. The normalized spacial score (nSPS) is 17.1. The minimum absolute atomic E-state index is 0.0575. The molecule has 110 valence electrons.